The first kappa shape index (κ1) is 25.3. The fourth-order valence-electron chi connectivity index (χ4n) is 3.18. The molecule has 0 aliphatic rings. The van der Waals surface area contributed by atoms with Gasteiger partial charge in [0.25, 0.3) is 5.91 Å². The number of hydrogen-bond acceptors (Lipinski definition) is 6. The van der Waals surface area contributed by atoms with Gasteiger partial charge in [-0.25, -0.2) is 19.2 Å². The SMILES string of the molecule is CCC(COC)NC(=O)N(Cc1ccc(F)cc1)c1ncc(C(=O)NCCCn2ccnc2)s1. The lowest BCUT2D eigenvalue weighted by Crippen LogP contribution is -2.46. The van der Waals surface area contributed by atoms with E-state index in [1.54, 1.807) is 31.8 Å². The molecule has 2 N–H and O–H groups in total. The average Bonchev–Trinajstić information content (AvgIpc) is 3.53. The summed E-state index contributed by atoms with van der Waals surface area (Å²) < 4.78 is 20.5. The standard InChI is InChI=1S/C23H29FN6O3S/c1-3-19(15-33-2)28-22(32)30(14-17-5-7-18(24)8-6-17)23-27-13-20(34-23)21(31)26-9-4-11-29-12-10-25-16-29/h5-8,10,12-13,16,19H,3-4,9,11,14-15H2,1-2H3,(H,26,31)(H,28,32). The Labute approximate surface area is 202 Å². The van der Waals surface area contributed by atoms with Crippen LogP contribution < -0.4 is 15.5 Å². The van der Waals surface area contributed by atoms with Gasteiger partial charge in [0, 0.05) is 32.6 Å². The first-order valence-corrected chi connectivity index (χ1v) is 11.8. The first-order chi connectivity index (χ1) is 16.5. The zero-order chi connectivity index (χ0) is 24.3. The number of carbonyl (C=O) groups is 2. The zero-order valence-electron chi connectivity index (χ0n) is 19.2. The van der Waals surface area contributed by atoms with Gasteiger partial charge in [-0.2, -0.15) is 0 Å². The van der Waals surface area contributed by atoms with Gasteiger partial charge in [-0.1, -0.05) is 30.4 Å². The summed E-state index contributed by atoms with van der Waals surface area (Å²) in [6.07, 6.45) is 8.22. The van der Waals surface area contributed by atoms with Crippen LogP contribution in [-0.2, 0) is 17.8 Å². The summed E-state index contributed by atoms with van der Waals surface area (Å²) in [5, 5.41) is 6.19. The number of imidazole rings is 1. The van der Waals surface area contributed by atoms with Crippen molar-refractivity contribution < 1.29 is 18.7 Å². The van der Waals surface area contributed by atoms with Gasteiger partial charge in [-0.3, -0.25) is 9.69 Å². The summed E-state index contributed by atoms with van der Waals surface area (Å²) in [4.78, 5) is 35.9. The first-order valence-electron chi connectivity index (χ1n) is 11.0. The average molecular weight is 489 g/mol. The molecule has 34 heavy (non-hydrogen) atoms. The number of ether oxygens (including phenoxy) is 1. The zero-order valence-corrected chi connectivity index (χ0v) is 20.1. The number of carbonyl (C=O) groups excluding carboxylic acids is 2. The summed E-state index contributed by atoms with van der Waals surface area (Å²) in [5.41, 5.74) is 0.733. The Kier molecular flexibility index (Phi) is 9.53. The van der Waals surface area contributed by atoms with Crippen molar-refractivity contribution in [1.29, 1.82) is 0 Å². The smallest absolute Gasteiger partial charge is 0.324 e. The van der Waals surface area contributed by atoms with Crippen LogP contribution in [0.4, 0.5) is 14.3 Å². The van der Waals surface area contributed by atoms with Crippen LogP contribution in [-0.4, -0.2) is 52.8 Å². The molecule has 0 bridgehead atoms. The van der Waals surface area contributed by atoms with E-state index in [1.165, 1.54) is 23.2 Å². The molecule has 0 fully saturated rings. The van der Waals surface area contributed by atoms with Gasteiger partial charge in [0.05, 0.1) is 31.7 Å². The highest BCUT2D eigenvalue weighted by molar-refractivity contribution is 7.17. The van der Waals surface area contributed by atoms with Crippen LogP contribution in [0.5, 0.6) is 0 Å². The maximum absolute atomic E-state index is 13.3. The molecule has 9 nitrogen and oxygen atoms in total. The fraction of sp³-hybridized carbons (Fsp3) is 0.391. The van der Waals surface area contributed by atoms with Gasteiger partial charge in [0.1, 0.15) is 10.7 Å². The van der Waals surface area contributed by atoms with Crippen molar-refractivity contribution in [1.82, 2.24) is 25.2 Å². The molecular formula is C23H29FN6O3S. The molecule has 3 amide bonds. The van der Waals surface area contributed by atoms with Crippen LogP contribution in [0, 0.1) is 5.82 Å². The van der Waals surface area contributed by atoms with Crippen molar-refractivity contribution in [2.45, 2.75) is 38.9 Å². The molecule has 3 rings (SSSR count). The molecule has 0 aliphatic heterocycles. The van der Waals surface area contributed by atoms with Crippen molar-refractivity contribution >= 4 is 28.4 Å². The molecule has 3 aromatic rings. The number of aryl methyl sites for hydroxylation is 1. The van der Waals surface area contributed by atoms with Crippen LogP contribution in [0.3, 0.4) is 0 Å². The number of hydrogen-bond donors (Lipinski definition) is 2. The maximum Gasteiger partial charge on any atom is 0.324 e. The summed E-state index contributed by atoms with van der Waals surface area (Å²) in [7, 11) is 1.58. The number of nitrogens with zero attached hydrogens (tertiary/aromatic N) is 4. The number of thiazole rings is 1. The second-order valence-corrected chi connectivity index (χ2v) is 8.65. The van der Waals surface area contributed by atoms with Crippen molar-refractivity contribution in [3.8, 4) is 0 Å². The molecule has 1 aromatic carbocycles. The third-order valence-electron chi connectivity index (χ3n) is 5.07. The second kappa shape index (κ2) is 12.8. The molecule has 0 saturated carbocycles. The Hall–Kier alpha value is -3.31. The Morgan fingerprint density at radius 1 is 1.29 bits per heavy atom. The number of methoxy groups -OCH3 is 1. The van der Waals surface area contributed by atoms with E-state index in [-0.39, 0.29) is 30.3 Å². The van der Waals surface area contributed by atoms with E-state index < -0.39 is 0 Å². The molecule has 0 saturated heterocycles. The Balaban J connectivity index is 1.67. The predicted octanol–water partition coefficient (Wildman–Crippen LogP) is 3.44. The lowest BCUT2D eigenvalue weighted by molar-refractivity contribution is 0.0956. The molecule has 182 valence electrons. The molecule has 2 heterocycles. The van der Waals surface area contributed by atoms with E-state index in [1.807, 2.05) is 17.7 Å². The molecule has 1 atom stereocenters. The lowest BCUT2D eigenvalue weighted by atomic mass is 10.2. The van der Waals surface area contributed by atoms with Crippen LogP contribution in [0.1, 0.15) is 35.0 Å². The van der Waals surface area contributed by atoms with E-state index in [2.05, 4.69) is 20.6 Å². The fourth-order valence-corrected chi connectivity index (χ4v) is 4.01. The number of nitrogens with one attached hydrogen (secondary N) is 2. The summed E-state index contributed by atoms with van der Waals surface area (Å²) in [5.74, 6) is -0.602. The quantitative estimate of drug-likeness (QED) is 0.381. The van der Waals surface area contributed by atoms with Gasteiger partial charge in [0.15, 0.2) is 5.13 Å². The number of halogens is 1. The number of aromatic nitrogens is 3. The van der Waals surface area contributed by atoms with Gasteiger partial charge in [-0.05, 0) is 30.5 Å². The summed E-state index contributed by atoms with van der Waals surface area (Å²) in [6.45, 7) is 3.75. The maximum atomic E-state index is 13.3. The monoisotopic (exact) mass is 488 g/mol. The van der Waals surface area contributed by atoms with E-state index in [0.717, 1.165) is 29.9 Å². The highest BCUT2D eigenvalue weighted by atomic mass is 32.1. The lowest BCUT2D eigenvalue weighted by Gasteiger charge is -2.24. The largest absolute Gasteiger partial charge is 0.383 e. The van der Waals surface area contributed by atoms with E-state index in [9.17, 15) is 14.0 Å². The van der Waals surface area contributed by atoms with Gasteiger partial charge >= 0.3 is 6.03 Å². The third kappa shape index (κ3) is 7.35. The van der Waals surface area contributed by atoms with E-state index in [0.29, 0.717) is 29.6 Å². The topological polar surface area (TPSA) is 101 Å². The summed E-state index contributed by atoms with van der Waals surface area (Å²) >= 11 is 1.13. The van der Waals surface area contributed by atoms with Crippen molar-refractivity contribution in [3.63, 3.8) is 0 Å². The molecule has 2 aromatic heterocycles. The highest BCUT2D eigenvalue weighted by Crippen LogP contribution is 2.25. The number of benzene rings is 1. The Morgan fingerprint density at radius 2 is 2.09 bits per heavy atom. The minimum atomic E-state index is -0.366. The van der Waals surface area contributed by atoms with Gasteiger partial charge < -0.3 is 19.9 Å². The Bertz CT molecular complexity index is 1040. The number of amides is 3. The number of urea groups is 1. The highest BCUT2D eigenvalue weighted by Gasteiger charge is 2.23. The van der Waals surface area contributed by atoms with E-state index in [4.69, 9.17) is 4.74 Å². The van der Waals surface area contributed by atoms with Crippen LogP contribution in [0.15, 0.2) is 49.2 Å². The normalized spacial score (nSPS) is 11.7. The van der Waals surface area contributed by atoms with Crippen LogP contribution >= 0.6 is 11.3 Å². The number of anilines is 1. The predicted molar refractivity (Wildman–Crippen MR) is 128 cm³/mol. The third-order valence-corrected chi connectivity index (χ3v) is 6.09. The minimum Gasteiger partial charge on any atom is -0.383 e. The molecule has 1 unspecified atom stereocenters. The van der Waals surface area contributed by atoms with Crippen molar-refractivity contribution in [2.75, 3.05) is 25.2 Å². The van der Waals surface area contributed by atoms with Crippen LogP contribution in [0.2, 0.25) is 0 Å². The van der Waals surface area contributed by atoms with Crippen molar-refractivity contribution in [2.24, 2.45) is 0 Å². The van der Waals surface area contributed by atoms with Crippen molar-refractivity contribution in [3.05, 3.63) is 65.4 Å². The van der Waals surface area contributed by atoms with Gasteiger partial charge in [0.2, 0.25) is 0 Å². The van der Waals surface area contributed by atoms with Gasteiger partial charge in [-0.15, -0.1) is 0 Å². The molecule has 0 radical (unpaired) electrons. The number of rotatable bonds is 12. The minimum absolute atomic E-state index is 0.175. The molecule has 0 spiro atoms. The molecule has 11 heteroatoms. The van der Waals surface area contributed by atoms with E-state index >= 15 is 0 Å². The molecular weight excluding hydrogens is 459 g/mol. The second-order valence-electron chi connectivity index (χ2n) is 7.64. The summed E-state index contributed by atoms with van der Waals surface area (Å²) in [6, 6.07) is 5.37. The van der Waals surface area contributed by atoms with Crippen LogP contribution in [0.25, 0.3) is 0 Å². The molecule has 0 aliphatic carbocycles. The Morgan fingerprint density at radius 3 is 2.76 bits per heavy atom.